The number of piperidine rings is 1. The topological polar surface area (TPSA) is 79.0 Å². The zero-order valence-corrected chi connectivity index (χ0v) is 14.1. The molecule has 2 saturated heterocycles. The van der Waals surface area contributed by atoms with E-state index >= 15 is 0 Å². The van der Waals surface area contributed by atoms with E-state index in [4.69, 9.17) is 4.74 Å². The van der Waals surface area contributed by atoms with E-state index in [9.17, 15) is 14.4 Å². The minimum Gasteiger partial charge on any atom is -0.373 e. The molecule has 0 radical (unpaired) electrons. The van der Waals surface area contributed by atoms with Gasteiger partial charge in [0.15, 0.2) is 0 Å². The fourth-order valence-corrected chi connectivity index (χ4v) is 3.08. The van der Waals surface area contributed by atoms with Gasteiger partial charge in [0.2, 0.25) is 11.8 Å². The molecule has 0 bridgehead atoms. The average molecular weight is 345 g/mol. The van der Waals surface area contributed by atoms with Crippen molar-refractivity contribution in [3.05, 3.63) is 35.9 Å². The molecule has 0 aliphatic carbocycles. The van der Waals surface area contributed by atoms with Gasteiger partial charge in [-0.2, -0.15) is 0 Å². The molecule has 7 heteroatoms. The van der Waals surface area contributed by atoms with Crippen molar-refractivity contribution in [2.75, 3.05) is 26.2 Å². The van der Waals surface area contributed by atoms with Crippen LogP contribution in [0, 0.1) is 0 Å². The highest BCUT2D eigenvalue weighted by atomic mass is 16.5. The Labute approximate surface area is 146 Å². The van der Waals surface area contributed by atoms with Crippen LogP contribution in [-0.2, 0) is 20.9 Å². The molecule has 1 N–H and O–H groups in total. The predicted octanol–water partition coefficient (Wildman–Crippen LogP) is 1.14. The second kappa shape index (κ2) is 8.11. The van der Waals surface area contributed by atoms with Crippen LogP contribution in [-0.4, -0.2) is 59.9 Å². The first kappa shape index (κ1) is 17.4. The first-order chi connectivity index (χ1) is 12.1. The average Bonchev–Trinajstić information content (AvgIpc) is 2.64. The molecule has 0 unspecified atom stereocenters. The van der Waals surface area contributed by atoms with Crippen LogP contribution in [0.3, 0.4) is 0 Å². The lowest BCUT2D eigenvalue weighted by Gasteiger charge is -2.34. The molecule has 7 nitrogen and oxygen atoms in total. The molecule has 0 saturated carbocycles. The Hall–Kier alpha value is -2.41. The van der Waals surface area contributed by atoms with Gasteiger partial charge in [-0.15, -0.1) is 0 Å². The fraction of sp³-hybridized carbons (Fsp3) is 0.500. The number of amides is 4. The van der Waals surface area contributed by atoms with E-state index in [1.165, 1.54) is 0 Å². The SMILES string of the molecule is O=C(CN1C(=O)CCNC1=O)N1CCC(OCc2ccccc2)CC1. The second-order valence-corrected chi connectivity index (χ2v) is 6.34. The monoisotopic (exact) mass is 345 g/mol. The summed E-state index contributed by atoms with van der Waals surface area (Å²) in [6.07, 6.45) is 1.90. The van der Waals surface area contributed by atoms with Crippen molar-refractivity contribution in [2.24, 2.45) is 0 Å². The van der Waals surface area contributed by atoms with E-state index in [1.54, 1.807) is 4.90 Å². The molecule has 1 aromatic rings. The number of carbonyl (C=O) groups is 3. The van der Waals surface area contributed by atoms with Crippen LogP contribution in [0.5, 0.6) is 0 Å². The van der Waals surface area contributed by atoms with Gasteiger partial charge >= 0.3 is 6.03 Å². The highest BCUT2D eigenvalue weighted by Gasteiger charge is 2.30. The molecule has 2 heterocycles. The lowest BCUT2D eigenvalue weighted by molar-refractivity contribution is -0.140. The number of urea groups is 1. The lowest BCUT2D eigenvalue weighted by atomic mass is 10.1. The zero-order chi connectivity index (χ0) is 17.6. The number of likely N-dealkylation sites (tertiary alicyclic amines) is 1. The number of nitrogens with zero attached hydrogens (tertiary/aromatic N) is 2. The van der Waals surface area contributed by atoms with Gasteiger partial charge in [0.25, 0.3) is 0 Å². The molecule has 0 atom stereocenters. The Morgan fingerprint density at radius 2 is 1.88 bits per heavy atom. The number of hydrogen-bond acceptors (Lipinski definition) is 4. The van der Waals surface area contributed by atoms with E-state index < -0.39 is 6.03 Å². The van der Waals surface area contributed by atoms with Crippen LogP contribution in [0.2, 0.25) is 0 Å². The lowest BCUT2D eigenvalue weighted by Crippen LogP contribution is -2.54. The summed E-state index contributed by atoms with van der Waals surface area (Å²) in [5.41, 5.74) is 1.13. The molecular formula is C18H23N3O4. The highest BCUT2D eigenvalue weighted by Crippen LogP contribution is 2.16. The van der Waals surface area contributed by atoms with Gasteiger partial charge in [0.05, 0.1) is 12.7 Å². The van der Waals surface area contributed by atoms with Crippen LogP contribution < -0.4 is 5.32 Å². The number of ether oxygens (including phenoxy) is 1. The van der Waals surface area contributed by atoms with Gasteiger partial charge in [-0.1, -0.05) is 30.3 Å². The van der Waals surface area contributed by atoms with Crippen molar-refractivity contribution in [1.82, 2.24) is 15.1 Å². The Balaban J connectivity index is 1.43. The summed E-state index contributed by atoms with van der Waals surface area (Å²) in [5, 5.41) is 2.59. The quantitative estimate of drug-likeness (QED) is 0.868. The molecule has 1 aromatic carbocycles. The van der Waals surface area contributed by atoms with Crippen molar-refractivity contribution in [1.29, 1.82) is 0 Å². The molecule has 4 amide bonds. The largest absolute Gasteiger partial charge is 0.373 e. The summed E-state index contributed by atoms with van der Waals surface area (Å²) in [6.45, 7) is 1.90. The summed E-state index contributed by atoms with van der Waals surface area (Å²) in [6, 6.07) is 9.51. The van der Waals surface area contributed by atoms with Crippen LogP contribution in [0.25, 0.3) is 0 Å². The van der Waals surface area contributed by atoms with Crippen LogP contribution in [0.4, 0.5) is 4.79 Å². The molecule has 2 fully saturated rings. The van der Waals surface area contributed by atoms with Crippen molar-refractivity contribution >= 4 is 17.8 Å². The van der Waals surface area contributed by atoms with Gasteiger partial charge in [0, 0.05) is 26.1 Å². The van der Waals surface area contributed by atoms with Crippen molar-refractivity contribution in [3.63, 3.8) is 0 Å². The molecule has 3 rings (SSSR count). The standard InChI is InChI=1S/C18H23N3O4/c22-16-6-9-19-18(24)21(16)12-17(23)20-10-7-15(8-11-20)25-13-14-4-2-1-3-5-14/h1-5,15H,6-13H2,(H,19,24). The molecule has 2 aliphatic heterocycles. The number of carbonyl (C=O) groups excluding carboxylic acids is 3. The molecule has 134 valence electrons. The third-order valence-electron chi connectivity index (χ3n) is 4.58. The van der Waals surface area contributed by atoms with Crippen LogP contribution >= 0.6 is 0 Å². The number of benzene rings is 1. The van der Waals surface area contributed by atoms with Crippen molar-refractivity contribution in [2.45, 2.75) is 32.0 Å². The molecule has 0 spiro atoms. The maximum Gasteiger partial charge on any atom is 0.324 e. The van der Waals surface area contributed by atoms with E-state index in [1.807, 2.05) is 30.3 Å². The summed E-state index contributed by atoms with van der Waals surface area (Å²) >= 11 is 0. The fourth-order valence-electron chi connectivity index (χ4n) is 3.08. The molecule has 0 aromatic heterocycles. The Kier molecular flexibility index (Phi) is 5.65. The van der Waals surface area contributed by atoms with Gasteiger partial charge in [-0.05, 0) is 18.4 Å². The van der Waals surface area contributed by atoms with E-state index in [-0.39, 0.29) is 30.9 Å². The minimum atomic E-state index is -0.481. The molecule has 2 aliphatic rings. The van der Waals surface area contributed by atoms with Crippen LogP contribution in [0.15, 0.2) is 30.3 Å². The first-order valence-corrected chi connectivity index (χ1v) is 8.65. The van der Waals surface area contributed by atoms with E-state index in [0.717, 1.165) is 23.3 Å². The predicted molar refractivity (Wildman–Crippen MR) is 90.6 cm³/mol. The van der Waals surface area contributed by atoms with Gasteiger partial charge < -0.3 is 15.0 Å². The van der Waals surface area contributed by atoms with Crippen LogP contribution in [0.1, 0.15) is 24.8 Å². The van der Waals surface area contributed by atoms with Gasteiger partial charge in [0.1, 0.15) is 6.54 Å². The zero-order valence-electron chi connectivity index (χ0n) is 14.1. The maximum atomic E-state index is 12.4. The third kappa shape index (κ3) is 4.57. The summed E-state index contributed by atoms with van der Waals surface area (Å²) in [4.78, 5) is 38.5. The summed E-state index contributed by atoms with van der Waals surface area (Å²) in [7, 11) is 0. The Morgan fingerprint density at radius 1 is 1.16 bits per heavy atom. The second-order valence-electron chi connectivity index (χ2n) is 6.34. The number of hydrogen-bond donors (Lipinski definition) is 1. The normalized spacial score (nSPS) is 19.0. The third-order valence-corrected chi connectivity index (χ3v) is 4.58. The van der Waals surface area contributed by atoms with E-state index in [0.29, 0.717) is 26.2 Å². The Bertz CT molecular complexity index is 610. The Morgan fingerprint density at radius 3 is 2.56 bits per heavy atom. The number of nitrogens with one attached hydrogen (secondary N) is 1. The van der Waals surface area contributed by atoms with Gasteiger partial charge in [-0.25, -0.2) is 4.79 Å². The first-order valence-electron chi connectivity index (χ1n) is 8.65. The smallest absolute Gasteiger partial charge is 0.324 e. The van der Waals surface area contributed by atoms with Crippen molar-refractivity contribution < 1.29 is 19.1 Å². The van der Waals surface area contributed by atoms with E-state index in [2.05, 4.69) is 5.32 Å². The minimum absolute atomic E-state index is 0.129. The number of imide groups is 1. The number of rotatable bonds is 5. The van der Waals surface area contributed by atoms with Crippen molar-refractivity contribution in [3.8, 4) is 0 Å². The molecular weight excluding hydrogens is 322 g/mol. The molecule has 25 heavy (non-hydrogen) atoms. The van der Waals surface area contributed by atoms with Gasteiger partial charge in [-0.3, -0.25) is 14.5 Å². The maximum absolute atomic E-state index is 12.4. The summed E-state index contributed by atoms with van der Waals surface area (Å²) in [5.74, 6) is -0.481. The highest BCUT2D eigenvalue weighted by molar-refractivity contribution is 6.00. The summed E-state index contributed by atoms with van der Waals surface area (Å²) < 4.78 is 5.91.